The summed E-state index contributed by atoms with van der Waals surface area (Å²) >= 11 is 2.16. The molecule has 2 rings (SSSR count). The van der Waals surface area contributed by atoms with Crippen LogP contribution in [0.15, 0.2) is 18.2 Å². The first-order valence-electron chi connectivity index (χ1n) is 5.77. The number of fused-ring (bicyclic) bond motifs is 1. The number of ether oxygens (including phenoxy) is 1. The molecular formula is C12H14INO4S. The van der Waals surface area contributed by atoms with Crippen molar-refractivity contribution < 1.29 is 17.9 Å². The Morgan fingerprint density at radius 3 is 2.84 bits per heavy atom. The van der Waals surface area contributed by atoms with Crippen LogP contribution in [-0.4, -0.2) is 39.5 Å². The summed E-state index contributed by atoms with van der Waals surface area (Å²) in [6.07, 6.45) is 1.63. The van der Waals surface area contributed by atoms with E-state index in [0.29, 0.717) is 18.7 Å². The summed E-state index contributed by atoms with van der Waals surface area (Å²) in [5.41, 5.74) is 0.719. The van der Waals surface area contributed by atoms with Gasteiger partial charge in [-0.1, -0.05) is 0 Å². The Morgan fingerprint density at radius 1 is 1.42 bits per heavy atom. The molecule has 7 heteroatoms. The van der Waals surface area contributed by atoms with Gasteiger partial charge in [0, 0.05) is 16.4 Å². The van der Waals surface area contributed by atoms with E-state index in [0.717, 1.165) is 9.26 Å². The maximum atomic E-state index is 11.9. The van der Waals surface area contributed by atoms with Crippen LogP contribution in [0.3, 0.4) is 0 Å². The molecule has 0 aliphatic carbocycles. The zero-order valence-electron chi connectivity index (χ0n) is 10.4. The Labute approximate surface area is 126 Å². The van der Waals surface area contributed by atoms with Gasteiger partial charge in [0.1, 0.15) is 15.6 Å². The molecule has 0 spiro atoms. The monoisotopic (exact) mass is 395 g/mol. The Morgan fingerprint density at radius 2 is 2.16 bits per heavy atom. The summed E-state index contributed by atoms with van der Waals surface area (Å²) in [6, 6.07) is 5.60. The van der Waals surface area contributed by atoms with Crippen molar-refractivity contribution in [3.8, 4) is 5.75 Å². The third-order valence-electron chi connectivity index (χ3n) is 2.76. The highest BCUT2D eigenvalue weighted by molar-refractivity contribution is 14.1. The highest BCUT2D eigenvalue weighted by Gasteiger charge is 2.25. The highest BCUT2D eigenvalue weighted by atomic mass is 127. The van der Waals surface area contributed by atoms with Crippen molar-refractivity contribution in [2.24, 2.45) is 0 Å². The minimum absolute atomic E-state index is 0.00642. The largest absolute Gasteiger partial charge is 0.482 e. The minimum atomic E-state index is -3.00. The van der Waals surface area contributed by atoms with E-state index in [2.05, 4.69) is 22.6 Å². The third-order valence-corrected chi connectivity index (χ3v) is 4.46. The third kappa shape index (κ3) is 3.82. The lowest BCUT2D eigenvalue weighted by Gasteiger charge is -2.29. The standard InChI is InChI=1S/C12H14INO4S/c1-19(16,17)6-2-5-14-10-7-9(13)3-4-11(10)18-8-12(14)15/h3-4,7H,2,5-6,8H2,1H3. The lowest BCUT2D eigenvalue weighted by Crippen LogP contribution is -2.39. The van der Waals surface area contributed by atoms with Crippen molar-refractivity contribution in [3.05, 3.63) is 21.8 Å². The Bertz CT molecular complexity index is 600. The Kier molecular flexibility index (Phi) is 4.34. The smallest absolute Gasteiger partial charge is 0.265 e. The van der Waals surface area contributed by atoms with Gasteiger partial charge in [0.2, 0.25) is 0 Å². The van der Waals surface area contributed by atoms with Crippen LogP contribution in [0.25, 0.3) is 0 Å². The van der Waals surface area contributed by atoms with Gasteiger partial charge in [0.25, 0.3) is 5.91 Å². The summed E-state index contributed by atoms with van der Waals surface area (Å²) in [6.45, 7) is 0.398. The quantitative estimate of drug-likeness (QED) is 0.725. The lowest BCUT2D eigenvalue weighted by molar-refractivity contribution is -0.121. The van der Waals surface area contributed by atoms with Gasteiger partial charge >= 0.3 is 0 Å². The van der Waals surface area contributed by atoms with E-state index in [1.165, 1.54) is 6.26 Å². The number of anilines is 1. The van der Waals surface area contributed by atoms with Gasteiger partial charge in [-0.25, -0.2) is 8.42 Å². The number of halogens is 1. The summed E-state index contributed by atoms with van der Waals surface area (Å²) in [4.78, 5) is 13.5. The van der Waals surface area contributed by atoms with Crippen molar-refractivity contribution in [2.75, 3.05) is 30.1 Å². The van der Waals surface area contributed by atoms with Crippen LogP contribution in [0.5, 0.6) is 5.75 Å². The van der Waals surface area contributed by atoms with Gasteiger partial charge in [0.15, 0.2) is 6.61 Å². The number of nitrogens with zero attached hydrogens (tertiary/aromatic N) is 1. The number of hydrogen-bond acceptors (Lipinski definition) is 4. The Hall–Kier alpha value is -0.830. The average molecular weight is 395 g/mol. The maximum absolute atomic E-state index is 11.9. The van der Waals surface area contributed by atoms with Crippen LogP contribution in [0, 0.1) is 3.57 Å². The molecule has 19 heavy (non-hydrogen) atoms. The number of carbonyl (C=O) groups is 1. The second-order valence-corrected chi connectivity index (χ2v) is 7.93. The van der Waals surface area contributed by atoms with Crippen molar-refractivity contribution in [1.82, 2.24) is 0 Å². The first-order chi connectivity index (χ1) is 8.87. The Balaban J connectivity index is 2.16. The van der Waals surface area contributed by atoms with E-state index < -0.39 is 9.84 Å². The molecule has 5 nitrogen and oxygen atoms in total. The molecule has 1 aromatic rings. The fourth-order valence-corrected chi connectivity index (χ4v) is 3.03. The zero-order chi connectivity index (χ0) is 14.0. The number of sulfone groups is 1. The van der Waals surface area contributed by atoms with Crippen molar-refractivity contribution in [1.29, 1.82) is 0 Å². The fraction of sp³-hybridized carbons (Fsp3) is 0.417. The number of carbonyl (C=O) groups excluding carboxylic acids is 1. The summed E-state index contributed by atoms with van der Waals surface area (Å²) < 4.78 is 28.6. The maximum Gasteiger partial charge on any atom is 0.265 e. The molecule has 0 bridgehead atoms. The molecule has 0 aromatic heterocycles. The van der Waals surface area contributed by atoms with Gasteiger partial charge in [-0.2, -0.15) is 0 Å². The summed E-state index contributed by atoms with van der Waals surface area (Å²) in [5, 5.41) is 0. The number of rotatable bonds is 4. The average Bonchev–Trinajstić information content (AvgIpc) is 2.30. The number of hydrogen-bond donors (Lipinski definition) is 0. The zero-order valence-corrected chi connectivity index (χ0v) is 13.4. The topological polar surface area (TPSA) is 63.7 Å². The van der Waals surface area contributed by atoms with Crippen LogP contribution < -0.4 is 9.64 Å². The molecule has 1 amide bonds. The van der Waals surface area contributed by atoms with Crippen LogP contribution in [-0.2, 0) is 14.6 Å². The molecule has 1 aromatic carbocycles. The van der Waals surface area contributed by atoms with E-state index in [1.54, 1.807) is 4.90 Å². The second-order valence-electron chi connectivity index (χ2n) is 4.43. The van der Waals surface area contributed by atoms with E-state index in [9.17, 15) is 13.2 Å². The van der Waals surface area contributed by atoms with E-state index >= 15 is 0 Å². The van der Waals surface area contributed by atoms with Crippen molar-refractivity contribution in [3.63, 3.8) is 0 Å². The number of amides is 1. The molecule has 0 unspecified atom stereocenters. The molecule has 1 heterocycles. The SMILES string of the molecule is CS(=O)(=O)CCCN1C(=O)COc2ccc(I)cc21. The molecular weight excluding hydrogens is 381 g/mol. The molecule has 1 aliphatic heterocycles. The van der Waals surface area contributed by atoms with Gasteiger partial charge in [-0.15, -0.1) is 0 Å². The van der Waals surface area contributed by atoms with Gasteiger partial charge in [-0.05, 0) is 47.2 Å². The molecule has 0 saturated heterocycles. The predicted molar refractivity (Wildman–Crippen MR) is 81.3 cm³/mol. The van der Waals surface area contributed by atoms with Crippen molar-refractivity contribution >= 4 is 44.0 Å². The molecule has 0 N–H and O–H groups in total. The van der Waals surface area contributed by atoms with E-state index in [4.69, 9.17) is 4.74 Å². The van der Waals surface area contributed by atoms with Gasteiger partial charge < -0.3 is 9.64 Å². The van der Waals surface area contributed by atoms with Crippen LogP contribution in [0.4, 0.5) is 5.69 Å². The van der Waals surface area contributed by atoms with Gasteiger partial charge in [-0.3, -0.25) is 4.79 Å². The minimum Gasteiger partial charge on any atom is -0.482 e. The molecule has 104 valence electrons. The predicted octanol–water partition coefficient (Wildman–Crippen LogP) is 1.45. The molecule has 0 atom stereocenters. The molecule has 1 aliphatic rings. The van der Waals surface area contributed by atoms with Crippen LogP contribution >= 0.6 is 22.6 Å². The summed E-state index contributed by atoms with van der Waals surface area (Å²) in [5.74, 6) is 0.610. The van der Waals surface area contributed by atoms with Gasteiger partial charge in [0.05, 0.1) is 11.4 Å². The van der Waals surface area contributed by atoms with Crippen molar-refractivity contribution in [2.45, 2.75) is 6.42 Å². The van der Waals surface area contributed by atoms with E-state index in [-0.39, 0.29) is 18.3 Å². The van der Waals surface area contributed by atoms with E-state index in [1.807, 2.05) is 18.2 Å². The number of benzene rings is 1. The fourth-order valence-electron chi connectivity index (χ4n) is 1.91. The first kappa shape index (κ1) is 14.6. The molecule has 0 fully saturated rings. The first-order valence-corrected chi connectivity index (χ1v) is 8.91. The summed E-state index contributed by atoms with van der Waals surface area (Å²) in [7, 11) is -3.00. The van der Waals surface area contributed by atoms with Crippen LogP contribution in [0.2, 0.25) is 0 Å². The molecule has 0 saturated carbocycles. The second kappa shape index (κ2) is 5.66. The van der Waals surface area contributed by atoms with Crippen LogP contribution in [0.1, 0.15) is 6.42 Å². The highest BCUT2D eigenvalue weighted by Crippen LogP contribution is 2.33. The normalized spacial score (nSPS) is 15.1. The molecule has 0 radical (unpaired) electrons. The lowest BCUT2D eigenvalue weighted by atomic mass is 10.2.